The number of hydrogen-bond acceptors (Lipinski definition) is 5. The number of pyridine rings is 1. The minimum absolute atomic E-state index is 0.141. The van der Waals surface area contributed by atoms with E-state index in [9.17, 15) is 8.78 Å². The van der Waals surface area contributed by atoms with Crippen molar-refractivity contribution < 1.29 is 23.1 Å². The molecule has 0 saturated heterocycles. The van der Waals surface area contributed by atoms with E-state index >= 15 is 0 Å². The van der Waals surface area contributed by atoms with Crippen LogP contribution in [0.2, 0.25) is 0 Å². The molecule has 6 nitrogen and oxygen atoms in total. The molecule has 0 unspecified atom stereocenters. The lowest BCUT2D eigenvalue weighted by Crippen LogP contribution is -2.15. The average Bonchev–Trinajstić information content (AvgIpc) is 2.71. The predicted octanol–water partition coefficient (Wildman–Crippen LogP) is 3.87. The Morgan fingerprint density at radius 1 is 0.857 bits per heavy atom. The highest BCUT2D eigenvalue weighted by Gasteiger charge is 2.03. The number of rotatable bonds is 8. The van der Waals surface area contributed by atoms with Crippen molar-refractivity contribution in [3.05, 3.63) is 84.1 Å². The summed E-state index contributed by atoms with van der Waals surface area (Å²) in [6, 6.07) is 14.5. The fraction of sp³-hybridized carbons (Fsp3) is 0.100. The molecule has 1 aromatic heterocycles. The summed E-state index contributed by atoms with van der Waals surface area (Å²) < 4.78 is 36.6. The van der Waals surface area contributed by atoms with Crippen LogP contribution in [0.25, 0.3) is 0 Å². The molecule has 8 heteroatoms. The summed E-state index contributed by atoms with van der Waals surface area (Å²) in [5.41, 5.74) is 6.39. The van der Waals surface area contributed by atoms with Crippen molar-refractivity contribution in [1.82, 2.24) is 4.98 Å². The molecule has 0 fully saturated rings. The maximum absolute atomic E-state index is 12.9. The van der Waals surface area contributed by atoms with E-state index in [-0.39, 0.29) is 30.7 Å². The van der Waals surface area contributed by atoms with Gasteiger partial charge in [-0.25, -0.2) is 13.8 Å². The van der Waals surface area contributed by atoms with Gasteiger partial charge < -0.3 is 20.0 Å². The number of amidine groups is 1. The molecule has 0 spiro atoms. The van der Waals surface area contributed by atoms with E-state index in [0.717, 1.165) is 0 Å². The molecule has 0 aliphatic heterocycles. The molecule has 144 valence electrons. The zero-order valence-corrected chi connectivity index (χ0v) is 14.7. The smallest absolute Gasteiger partial charge is 0.219 e. The minimum atomic E-state index is -0.345. The summed E-state index contributed by atoms with van der Waals surface area (Å²) in [6.07, 6.45) is 1.48. The summed E-state index contributed by atoms with van der Waals surface area (Å²) in [5, 5.41) is 3.80. The van der Waals surface area contributed by atoms with Crippen LogP contribution in [-0.2, 0) is 4.84 Å². The van der Waals surface area contributed by atoms with Gasteiger partial charge in [-0.15, -0.1) is 0 Å². The SMILES string of the molecule is NC(=NOCCOc1ccc(F)cc1)c1ccc(Oc2ccc(F)cc2)nc1. The van der Waals surface area contributed by atoms with E-state index in [0.29, 0.717) is 22.9 Å². The number of halogens is 2. The Hall–Kier alpha value is -3.68. The Kier molecular flexibility index (Phi) is 6.35. The van der Waals surface area contributed by atoms with Gasteiger partial charge in [-0.1, -0.05) is 5.16 Å². The van der Waals surface area contributed by atoms with E-state index in [4.69, 9.17) is 20.0 Å². The molecule has 0 amide bonds. The largest absolute Gasteiger partial charge is 0.490 e. The summed E-state index contributed by atoms with van der Waals surface area (Å²) >= 11 is 0. The highest BCUT2D eigenvalue weighted by atomic mass is 19.1. The Bertz CT molecular complexity index is 915. The van der Waals surface area contributed by atoms with Gasteiger partial charge in [0.15, 0.2) is 12.4 Å². The zero-order valence-electron chi connectivity index (χ0n) is 14.7. The molecular formula is C20H17F2N3O3. The van der Waals surface area contributed by atoms with Crippen LogP contribution in [-0.4, -0.2) is 24.0 Å². The zero-order chi connectivity index (χ0) is 19.8. The Balaban J connectivity index is 1.46. The van der Waals surface area contributed by atoms with Crippen molar-refractivity contribution in [2.45, 2.75) is 0 Å². The van der Waals surface area contributed by atoms with Crippen LogP contribution < -0.4 is 15.2 Å². The van der Waals surface area contributed by atoms with Crippen LogP contribution in [0.4, 0.5) is 8.78 Å². The summed E-state index contributed by atoms with van der Waals surface area (Å²) in [4.78, 5) is 9.22. The van der Waals surface area contributed by atoms with Crippen molar-refractivity contribution in [3.8, 4) is 17.4 Å². The van der Waals surface area contributed by atoms with Crippen LogP contribution in [0.15, 0.2) is 72.0 Å². The molecule has 0 atom stereocenters. The second-order valence-corrected chi connectivity index (χ2v) is 5.55. The minimum Gasteiger partial charge on any atom is -0.490 e. The van der Waals surface area contributed by atoms with Crippen molar-refractivity contribution in [3.63, 3.8) is 0 Å². The molecule has 0 bridgehead atoms. The van der Waals surface area contributed by atoms with Gasteiger partial charge in [0, 0.05) is 17.8 Å². The molecule has 1 heterocycles. The Morgan fingerprint density at radius 3 is 2.11 bits per heavy atom. The first kappa shape index (κ1) is 19.1. The van der Waals surface area contributed by atoms with Crippen molar-refractivity contribution in [1.29, 1.82) is 0 Å². The molecule has 2 aromatic carbocycles. The summed E-state index contributed by atoms with van der Waals surface area (Å²) in [6.45, 7) is 0.391. The van der Waals surface area contributed by atoms with Crippen LogP contribution >= 0.6 is 0 Å². The van der Waals surface area contributed by atoms with Crippen molar-refractivity contribution >= 4 is 5.84 Å². The molecule has 0 aliphatic carbocycles. The van der Waals surface area contributed by atoms with Gasteiger partial charge in [0.1, 0.15) is 29.7 Å². The van der Waals surface area contributed by atoms with E-state index in [1.165, 1.54) is 54.7 Å². The molecule has 2 N–H and O–H groups in total. The van der Waals surface area contributed by atoms with Gasteiger partial charge in [0.25, 0.3) is 0 Å². The number of hydrogen-bond donors (Lipinski definition) is 1. The molecule has 0 radical (unpaired) electrons. The normalized spacial score (nSPS) is 11.1. The Morgan fingerprint density at radius 2 is 1.50 bits per heavy atom. The molecule has 28 heavy (non-hydrogen) atoms. The van der Waals surface area contributed by atoms with Crippen LogP contribution in [0.1, 0.15) is 5.56 Å². The lowest BCUT2D eigenvalue weighted by Gasteiger charge is -2.07. The Labute approximate surface area is 160 Å². The van der Waals surface area contributed by atoms with Gasteiger partial charge in [0.2, 0.25) is 5.88 Å². The number of aromatic nitrogens is 1. The van der Waals surface area contributed by atoms with E-state index < -0.39 is 0 Å². The number of benzene rings is 2. The van der Waals surface area contributed by atoms with E-state index in [2.05, 4.69) is 10.1 Å². The maximum atomic E-state index is 12.9. The number of nitrogens with zero attached hydrogens (tertiary/aromatic N) is 2. The molecular weight excluding hydrogens is 368 g/mol. The highest BCUT2D eigenvalue weighted by Crippen LogP contribution is 2.19. The van der Waals surface area contributed by atoms with Gasteiger partial charge >= 0.3 is 0 Å². The van der Waals surface area contributed by atoms with Crippen LogP contribution in [0.3, 0.4) is 0 Å². The first-order valence-electron chi connectivity index (χ1n) is 8.34. The van der Waals surface area contributed by atoms with E-state index in [1.54, 1.807) is 12.1 Å². The first-order valence-corrected chi connectivity index (χ1v) is 8.34. The van der Waals surface area contributed by atoms with Crippen LogP contribution in [0, 0.1) is 11.6 Å². The predicted molar refractivity (Wildman–Crippen MR) is 99.3 cm³/mol. The topological polar surface area (TPSA) is 79.0 Å². The van der Waals surface area contributed by atoms with Gasteiger partial charge in [0.05, 0.1) is 0 Å². The molecule has 0 aliphatic rings. The van der Waals surface area contributed by atoms with Gasteiger partial charge in [-0.3, -0.25) is 0 Å². The second kappa shape index (κ2) is 9.31. The fourth-order valence-electron chi connectivity index (χ4n) is 2.11. The third kappa shape index (κ3) is 5.66. The van der Waals surface area contributed by atoms with Crippen molar-refractivity contribution in [2.24, 2.45) is 10.9 Å². The van der Waals surface area contributed by atoms with E-state index in [1.807, 2.05) is 0 Å². The number of oxime groups is 1. The molecule has 0 saturated carbocycles. The lowest BCUT2D eigenvalue weighted by atomic mass is 10.3. The van der Waals surface area contributed by atoms with Gasteiger partial charge in [-0.05, 0) is 54.6 Å². The fourth-order valence-corrected chi connectivity index (χ4v) is 2.11. The number of nitrogens with two attached hydrogens (primary N) is 1. The van der Waals surface area contributed by atoms with Crippen LogP contribution in [0.5, 0.6) is 17.4 Å². The quantitative estimate of drug-likeness (QED) is 0.276. The summed E-state index contributed by atoms with van der Waals surface area (Å²) in [7, 11) is 0. The third-order valence-corrected chi connectivity index (χ3v) is 3.49. The lowest BCUT2D eigenvalue weighted by molar-refractivity contribution is 0.107. The summed E-state index contributed by atoms with van der Waals surface area (Å²) in [5.74, 6) is 0.793. The molecule has 3 rings (SSSR count). The number of ether oxygens (including phenoxy) is 2. The first-order chi connectivity index (χ1) is 13.6. The maximum Gasteiger partial charge on any atom is 0.219 e. The third-order valence-electron chi connectivity index (χ3n) is 3.49. The standard InChI is InChI=1S/C20H17F2N3O3/c21-15-2-6-17(7-3-15)26-11-12-27-25-20(23)14-1-10-19(24-13-14)28-18-8-4-16(22)5-9-18/h1-10,13H,11-12H2,(H2,23,25). The second-order valence-electron chi connectivity index (χ2n) is 5.55. The highest BCUT2D eigenvalue weighted by molar-refractivity contribution is 5.96. The monoisotopic (exact) mass is 385 g/mol. The van der Waals surface area contributed by atoms with Crippen molar-refractivity contribution in [2.75, 3.05) is 13.2 Å². The van der Waals surface area contributed by atoms with Gasteiger partial charge in [-0.2, -0.15) is 0 Å². The molecule has 3 aromatic rings. The average molecular weight is 385 g/mol.